The molecule has 0 atom stereocenters. The first-order chi connectivity index (χ1) is 4.15. The van der Waals surface area contributed by atoms with E-state index in [-0.39, 0.29) is 33.9 Å². The van der Waals surface area contributed by atoms with Crippen LogP contribution in [-0.2, 0) is 4.74 Å². The van der Waals surface area contributed by atoms with Gasteiger partial charge in [-0.25, -0.2) is 0 Å². The van der Waals surface area contributed by atoms with Crippen molar-refractivity contribution in [2.75, 3.05) is 13.2 Å². The number of nitrogens with two attached hydrogens (primary N) is 1. The minimum absolute atomic E-state index is 0. The second-order valence-corrected chi connectivity index (χ2v) is 2.26. The molecule has 0 saturated carbocycles. The predicted octanol–water partition coefficient (Wildman–Crippen LogP) is -1.98. The van der Waals surface area contributed by atoms with E-state index in [0.717, 1.165) is 6.61 Å². The summed E-state index contributed by atoms with van der Waals surface area (Å²) in [5.41, 5.74) is 4.71. The van der Waals surface area contributed by atoms with Gasteiger partial charge in [-0.15, -0.1) is 12.6 Å². The fourth-order valence-electron chi connectivity index (χ4n) is 0.144. The summed E-state index contributed by atoms with van der Waals surface area (Å²) < 4.78 is 4.92. The van der Waals surface area contributed by atoms with E-state index in [9.17, 15) is 0 Å². The second kappa shape index (κ2) is 16.7. The molecule has 0 spiro atoms. The Morgan fingerprint density at radius 3 is 2.10 bits per heavy atom. The molecular formula is C5H12NNaOS2. The molecule has 0 aliphatic heterocycles. The van der Waals surface area contributed by atoms with Crippen molar-refractivity contribution in [3.63, 3.8) is 0 Å². The number of thiol groups is 1. The van der Waals surface area contributed by atoms with E-state index in [1.807, 2.05) is 6.92 Å². The van der Waals surface area contributed by atoms with E-state index in [1.54, 1.807) is 0 Å². The van der Waals surface area contributed by atoms with Crippen molar-refractivity contribution in [2.45, 2.75) is 6.92 Å². The Hall–Kier alpha value is 1.20. The molecule has 0 aliphatic carbocycles. The van der Waals surface area contributed by atoms with Crippen LogP contribution in [0.3, 0.4) is 0 Å². The average Bonchev–Trinajstić information content (AvgIpc) is 1.66. The van der Waals surface area contributed by atoms with E-state index in [4.69, 9.17) is 10.5 Å². The number of ether oxygens (including phenoxy) is 1. The smallest absolute Gasteiger partial charge is 0.414 e. The Balaban J connectivity index is -0.0000000910. The van der Waals surface area contributed by atoms with E-state index in [2.05, 4.69) is 31.8 Å². The molecule has 56 valence electrons. The third kappa shape index (κ3) is 60.4. The summed E-state index contributed by atoms with van der Waals surface area (Å²) in [6, 6.07) is 0. The van der Waals surface area contributed by atoms with Gasteiger partial charge >= 0.3 is 29.6 Å². The van der Waals surface area contributed by atoms with Crippen LogP contribution in [0.2, 0.25) is 0 Å². The van der Waals surface area contributed by atoms with Crippen LogP contribution < -0.4 is 35.3 Å². The summed E-state index contributed by atoms with van der Waals surface area (Å²) >= 11 is 7.65. The Morgan fingerprint density at radius 1 is 1.80 bits per heavy atom. The van der Waals surface area contributed by atoms with Gasteiger partial charge in [-0.3, -0.25) is 0 Å². The van der Waals surface area contributed by atoms with Crippen LogP contribution in [0.5, 0.6) is 0 Å². The van der Waals surface area contributed by atoms with Crippen molar-refractivity contribution in [3.8, 4) is 0 Å². The summed E-state index contributed by atoms with van der Waals surface area (Å²) in [4.78, 5) is 0. The first kappa shape index (κ1) is 17.3. The van der Waals surface area contributed by atoms with Gasteiger partial charge in [0, 0.05) is 6.61 Å². The normalized spacial score (nSPS) is 6.70. The van der Waals surface area contributed by atoms with E-state index < -0.39 is 0 Å². The maximum Gasteiger partial charge on any atom is 1.00 e. The average molecular weight is 189 g/mol. The predicted molar refractivity (Wildman–Crippen MR) is 47.6 cm³/mol. The second-order valence-electron chi connectivity index (χ2n) is 1.04. The van der Waals surface area contributed by atoms with Crippen LogP contribution in [0.1, 0.15) is 6.92 Å². The third-order valence-electron chi connectivity index (χ3n) is 0.348. The molecule has 2 nitrogen and oxygen atoms in total. The van der Waals surface area contributed by atoms with Crippen molar-refractivity contribution in [2.24, 2.45) is 5.73 Å². The van der Waals surface area contributed by atoms with Gasteiger partial charge in [0.2, 0.25) is 0 Å². The van der Waals surface area contributed by atoms with Gasteiger partial charge in [-0.1, -0.05) is 18.8 Å². The molecule has 10 heavy (non-hydrogen) atoms. The van der Waals surface area contributed by atoms with Gasteiger partial charge in [0.05, 0.1) is 0 Å². The maximum atomic E-state index is 4.72. The van der Waals surface area contributed by atoms with E-state index in [0.29, 0.717) is 6.61 Å². The fraction of sp³-hybridized carbons (Fsp3) is 0.600. The van der Waals surface area contributed by atoms with Crippen molar-refractivity contribution in [3.05, 3.63) is 6.92 Å². The van der Waals surface area contributed by atoms with Gasteiger partial charge in [0.15, 0.2) is 0 Å². The summed E-state index contributed by atoms with van der Waals surface area (Å²) in [5, 5.41) is 0. The van der Waals surface area contributed by atoms with Gasteiger partial charge in [-0.05, 0) is 6.92 Å². The summed E-state index contributed by atoms with van der Waals surface area (Å²) in [6.45, 7) is 6.78. The van der Waals surface area contributed by atoms with Crippen LogP contribution in [0.15, 0.2) is 0 Å². The molecule has 0 aromatic heterocycles. The summed E-state index contributed by atoms with van der Waals surface area (Å²) in [5.74, 6) is 0. The maximum absolute atomic E-state index is 4.72. The van der Waals surface area contributed by atoms with Crippen LogP contribution in [0.4, 0.5) is 0 Å². The van der Waals surface area contributed by atoms with Crippen LogP contribution in [-0.4, -0.2) is 17.5 Å². The van der Waals surface area contributed by atoms with Crippen LogP contribution in [0.25, 0.3) is 0 Å². The monoisotopic (exact) mass is 189 g/mol. The summed E-state index contributed by atoms with van der Waals surface area (Å²) in [7, 11) is 0. The number of rotatable bonds is 2. The Kier molecular flexibility index (Phi) is 28.9. The molecule has 0 aromatic carbocycles. The molecule has 5 heteroatoms. The molecule has 0 bridgehead atoms. The largest absolute Gasteiger partial charge is 1.00 e. The molecule has 0 aromatic rings. The molecule has 0 saturated heterocycles. The molecule has 0 unspecified atom stereocenters. The Labute approximate surface area is 95.6 Å². The zero-order chi connectivity index (χ0) is 7.70. The zero-order valence-electron chi connectivity index (χ0n) is 6.46. The van der Waals surface area contributed by atoms with E-state index >= 15 is 0 Å². The molecule has 2 N–H and O–H groups in total. The molecule has 0 fully saturated rings. The topological polar surface area (TPSA) is 35.2 Å². The Bertz CT molecular complexity index is 66.7. The minimum atomic E-state index is 0. The van der Waals surface area contributed by atoms with Gasteiger partial charge in [-0.2, -0.15) is 0 Å². The molecule has 0 heterocycles. The Morgan fingerprint density at radius 2 is 2.10 bits per heavy atom. The van der Waals surface area contributed by atoms with Crippen LogP contribution >= 0.6 is 24.8 Å². The van der Waals surface area contributed by atoms with E-state index in [1.165, 1.54) is 0 Å². The van der Waals surface area contributed by atoms with Gasteiger partial charge < -0.3 is 17.4 Å². The third-order valence-corrected chi connectivity index (χ3v) is 0.348. The van der Waals surface area contributed by atoms with Crippen LogP contribution in [0, 0.1) is 6.92 Å². The number of hydrogen-bond donors (Lipinski definition) is 2. The zero-order valence-corrected chi connectivity index (χ0v) is 10.2. The SMILES string of the molecule is NC(=S)S.[CH2-]COCC.[Na+]. The molecule has 0 aliphatic rings. The molecule has 0 rings (SSSR count). The fourth-order valence-corrected chi connectivity index (χ4v) is 0.144. The number of thiocarbonyl (C=S) groups is 1. The molecule has 0 radical (unpaired) electrons. The van der Waals surface area contributed by atoms with Crippen molar-refractivity contribution in [1.29, 1.82) is 0 Å². The minimum Gasteiger partial charge on any atom is -0.414 e. The van der Waals surface area contributed by atoms with Gasteiger partial charge in [0.25, 0.3) is 0 Å². The standard InChI is InChI=1S/C4H9O.CH3NS2.Na/c1-3-5-4-2;2-1(3)4;/h1,3-4H2,2H3;(H3,2,3,4);/q-1;;+1. The summed E-state index contributed by atoms with van der Waals surface area (Å²) in [6.07, 6.45) is 0. The molecular weight excluding hydrogens is 177 g/mol. The molecule has 0 amide bonds. The van der Waals surface area contributed by atoms with Crippen molar-refractivity contribution >= 4 is 29.2 Å². The number of hydrogen-bond acceptors (Lipinski definition) is 2. The van der Waals surface area contributed by atoms with Crippen molar-refractivity contribution in [1.82, 2.24) is 0 Å². The quantitative estimate of drug-likeness (QED) is 0.229. The van der Waals surface area contributed by atoms with Gasteiger partial charge in [0.1, 0.15) is 4.32 Å². The van der Waals surface area contributed by atoms with Crippen molar-refractivity contribution < 1.29 is 34.3 Å². The first-order valence-electron chi connectivity index (χ1n) is 2.50. The first-order valence-corrected chi connectivity index (χ1v) is 3.36.